The van der Waals surface area contributed by atoms with Crippen molar-refractivity contribution in [3.05, 3.63) is 48.0 Å². The van der Waals surface area contributed by atoms with E-state index in [0.717, 1.165) is 21.9 Å². The number of carbonyl (C=O) groups is 1. The quantitative estimate of drug-likeness (QED) is 0.667. The van der Waals surface area contributed by atoms with Gasteiger partial charge in [-0.15, -0.1) is 0 Å². The third-order valence-corrected chi connectivity index (χ3v) is 6.35. The minimum atomic E-state index is -3.75. The molecule has 1 amide bonds. The number of carbonyl (C=O) groups excluding carboxylic acids is 1. The summed E-state index contributed by atoms with van der Waals surface area (Å²) in [6.45, 7) is 4.33. The minimum absolute atomic E-state index is 0.262. The minimum Gasteiger partial charge on any atom is -0.497 e. The van der Waals surface area contributed by atoms with E-state index in [1.54, 1.807) is 32.2 Å². The molecule has 0 saturated carbocycles. The van der Waals surface area contributed by atoms with Gasteiger partial charge in [-0.05, 0) is 43.2 Å². The number of sulfonamides is 1. The SMILES string of the molecule is CC[C@@H](NC(=O)[C@H](C)N(c1ccc2c(c1)OCCO2)S(C)(=O)=O)c1ccc(OC)cc1. The predicted octanol–water partition coefficient (Wildman–Crippen LogP) is 2.89. The standard InChI is InChI=1S/C22H28N2O6S/c1-5-19(16-6-9-18(28-3)10-7-16)23-22(25)15(2)24(31(4,26)27)17-8-11-20-21(14-17)30-13-12-29-20/h6-11,14-15,19H,5,12-13H2,1-4H3,(H,23,25)/t15-,19+/m0/s1. The van der Waals surface area contributed by atoms with Crippen LogP contribution in [0.25, 0.3) is 0 Å². The van der Waals surface area contributed by atoms with Crippen molar-refractivity contribution in [3.63, 3.8) is 0 Å². The van der Waals surface area contributed by atoms with E-state index < -0.39 is 22.0 Å². The molecule has 9 heteroatoms. The van der Waals surface area contributed by atoms with E-state index in [1.807, 2.05) is 31.2 Å². The highest BCUT2D eigenvalue weighted by molar-refractivity contribution is 7.92. The number of nitrogens with zero attached hydrogens (tertiary/aromatic N) is 1. The Balaban J connectivity index is 1.84. The van der Waals surface area contributed by atoms with E-state index >= 15 is 0 Å². The fraction of sp³-hybridized carbons (Fsp3) is 0.409. The predicted molar refractivity (Wildman–Crippen MR) is 118 cm³/mol. The number of methoxy groups -OCH3 is 1. The molecule has 2 aromatic rings. The highest BCUT2D eigenvalue weighted by atomic mass is 32.2. The summed E-state index contributed by atoms with van der Waals surface area (Å²) in [4.78, 5) is 13.1. The number of anilines is 1. The third kappa shape index (κ3) is 5.22. The smallest absolute Gasteiger partial charge is 0.244 e. The largest absolute Gasteiger partial charge is 0.497 e. The van der Waals surface area contributed by atoms with Gasteiger partial charge in [0.15, 0.2) is 11.5 Å². The zero-order valence-electron chi connectivity index (χ0n) is 18.1. The lowest BCUT2D eigenvalue weighted by Gasteiger charge is -2.30. The molecule has 1 aliphatic heterocycles. The van der Waals surface area contributed by atoms with E-state index in [4.69, 9.17) is 14.2 Å². The average Bonchev–Trinajstić information content (AvgIpc) is 2.76. The van der Waals surface area contributed by atoms with Gasteiger partial charge in [0.1, 0.15) is 25.0 Å². The summed E-state index contributed by atoms with van der Waals surface area (Å²) in [5, 5.41) is 2.96. The van der Waals surface area contributed by atoms with Crippen LogP contribution in [-0.2, 0) is 14.8 Å². The summed E-state index contributed by atoms with van der Waals surface area (Å²) in [5.74, 6) is 1.32. The fourth-order valence-electron chi connectivity index (χ4n) is 3.53. The van der Waals surface area contributed by atoms with Gasteiger partial charge in [-0.2, -0.15) is 0 Å². The van der Waals surface area contributed by atoms with Crippen LogP contribution in [0.2, 0.25) is 0 Å². The van der Waals surface area contributed by atoms with Gasteiger partial charge in [0, 0.05) is 6.07 Å². The zero-order valence-corrected chi connectivity index (χ0v) is 18.9. The summed E-state index contributed by atoms with van der Waals surface area (Å²) in [5.41, 5.74) is 1.25. The molecule has 2 atom stereocenters. The van der Waals surface area contributed by atoms with Crippen molar-refractivity contribution in [1.29, 1.82) is 0 Å². The van der Waals surface area contributed by atoms with Gasteiger partial charge in [0.25, 0.3) is 0 Å². The number of benzene rings is 2. The Hall–Kier alpha value is -2.94. The molecule has 1 N–H and O–H groups in total. The van der Waals surface area contributed by atoms with Crippen molar-refractivity contribution < 1.29 is 27.4 Å². The molecule has 0 bridgehead atoms. The summed E-state index contributed by atoms with van der Waals surface area (Å²) in [6, 6.07) is 11.0. The van der Waals surface area contributed by atoms with E-state index in [2.05, 4.69) is 5.32 Å². The van der Waals surface area contributed by atoms with E-state index in [1.165, 1.54) is 0 Å². The Morgan fingerprint density at radius 1 is 1.13 bits per heavy atom. The molecule has 1 aliphatic rings. The maximum atomic E-state index is 13.1. The second-order valence-corrected chi connectivity index (χ2v) is 9.16. The molecule has 168 valence electrons. The highest BCUT2D eigenvalue weighted by Gasteiger charge is 2.31. The molecule has 0 unspecified atom stereocenters. The molecule has 0 saturated heterocycles. The van der Waals surface area contributed by atoms with E-state index in [0.29, 0.717) is 36.8 Å². The Kier molecular flexibility index (Phi) is 6.94. The van der Waals surface area contributed by atoms with Crippen molar-refractivity contribution >= 4 is 21.6 Å². The summed E-state index contributed by atoms with van der Waals surface area (Å²) in [6.07, 6.45) is 1.72. The van der Waals surface area contributed by atoms with Crippen LogP contribution in [0, 0.1) is 0 Å². The number of rotatable bonds is 8. The van der Waals surface area contributed by atoms with Gasteiger partial charge in [-0.1, -0.05) is 19.1 Å². The lowest BCUT2D eigenvalue weighted by atomic mass is 10.0. The maximum Gasteiger partial charge on any atom is 0.244 e. The first-order valence-corrected chi connectivity index (χ1v) is 11.9. The lowest BCUT2D eigenvalue weighted by molar-refractivity contribution is -0.122. The molecule has 3 rings (SSSR count). The first kappa shape index (κ1) is 22.7. The molecular formula is C22H28N2O6S. The number of hydrogen-bond donors (Lipinski definition) is 1. The average molecular weight is 449 g/mol. The van der Waals surface area contributed by atoms with Crippen LogP contribution in [-0.4, -0.2) is 46.9 Å². The number of nitrogens with one attached hydrogen (secondary N) is 1. The summed E-state index contributed by atoms with van der Waals surface area (Å²) in [7, 11) is -2.15. The van der Waals surface area contributed by atoms with Gasteiger partial charge >= 0.3 is 0 Å². The van der Waals surface area contributed by atoms with Crippen molar-refractivity contribution in [1.82, 2.24) is 5.32 Å². The number of fused-ring (bicyclic) bond motifs is 1. The third-order valence-electron chi connectivity index (χ3n) is 5.11. The van der Waals surface area contributed by atoms with Crippen LogP contribution in [0.5, 0.6) is 17.2 Å². The van der Waals surface area contributed by atoms with Crippen LogP contribution in [0.1, 0.15) is 31.9 Å². The molecule has 2 aromatic carbocycles. The topological polar surface area (TPSA) is 94.2 Å². The molecule has 0 fully saturated rings. The van der Waals surface area contributed by atoms with E-state index in [-0.39, 0.29) is 6.04 Å². The molecule has 0 aromatic heterocycles. The van der Waals surface area contributed by atoms with Crippen molar-refractivity contribution in [2.24, 2.45) is 0 Å². The Morgan fingerprint density at radius 3 is 2.35 bits per heavy atom. The lowest BCUT2D eigenvalue weighted by Crippen LogP contribution is -2.48. The first-order chi connectivity index (χ1) is 14.7. The fourth-order valence-corrected chi connectivity index (χ4v) is 4.69. The van der Waals surface area contributed by atoms with Gasteiger partial charge in [0.05, 0.1) is 25.1 Å². The van der Waals surface area contributed by atoms with Gasteiger partial charge in [-0.25, -0.2) is 8.42 Å². The number of hydrogen-bond acceptors (Lipinski definition) is 6. The van der Waals surface area contributed by atoms with Crippen LogP contribution < -0.4 is 23.8 Å². The Morgan fingerprint density at radius 2 is 1.77 bits per heavy atom. The Labute approximate surface area is 183 Å². The van der Waals surface area contributed by atoms with Gasteiger partial charge < -0.3 is 19.5 Å². The second kappa shape index (κ2) is 9.47. The second-order valence-electron chi connectivity index (χ2n) is 7.31. The Bertz CT molecular complexity index is 1020. The monoisotopic (exact) mass is 448 g/mol. The van der Waals surface area contributed by atoms with Crippen LogP contribution in [0.4, 0.5) is 5.69 Å². The molecule has 8 nitrogen and oxygen atoms in total. The molecule has 0 aliphatic carbocycles. The van der Waals surface area contributed by atoms with Crippen LogP contribution in [0.3, 0.4) is 0 Å². The maximum absolute atomic E-state index is 13.1. The highest BCUT2D eigenvalue weighted by Crippen LogP contribution is 2.35. The van der Waals surface area contributed by atoms with Crippen LogP contribution in [0.15, 0.2) is 42.5 Å². The molecule has 1 heterocycles. The van der Waals surface area contributed by atoms with E-state index in [9.17, 15) is 13.2 Å². The zero-order chi connectivity index (χ0) is 22.6. The first-order valence-electron chi connectivity index (χ1n) is 10.1. The van der Waals surface area contributed by atoms with Gasteiger partial charge in [-0.3, -0.25) is 9.10 Å². The van der Waals surface area contributed by atoms with Crippen molar-refractivity contribution in [2.75, 3.05) is 30.9 Å². The summed E-state index contributed by atoms with van der Waals surface area (Å²) >= 11 is 0. The molecule has 31 heavy (non-hydrogen) atoms. The van der Waals surface area contributed by atoms with Crippen molar-refractivity contribution in [3.8, 4) is 17.2 Å². The number of amides is 1. The normalized spacial score (nSPS) is 15.0. The van der Waals surface area contributed by atoms with Gasteiger partial charge in [0.2, 0.25) is 15.9 Å². The summed E-state index contributed by atoms with van der Waals surface area (Å²) < 4.78 is 42.6. The molecule has 0 spiro atoms. The molecular weight excluding hydrogens is 420 g/mol. The van der Waals surface area contributed by atoms with Crippen molar-refractivity contribution in [2.45, 2.75) is 32.4 Å². The van der Waals surface area contributed by atoms with Crippen LogP contribution >= 0.6 is 0 Å². The molecule has 0 radical (unpaired) electrons. The number of ether oxygens (including phenoxy) is 3.